The number of hydrogen-bond acceptors (Lipinski definition) is 3. The number of aryl methyl sites for hydroxylation is 1. The summed E-state index contributed by atoms with van der Waals surface area (Å²) in [5, 5.41) is 3.47. The average molecular weight is 226 g/mol. The van der Waals surface area contributed by atoms with Crippen molar-refractivity contribution >= 4 is 11.3 Å². The van der Waals surface area contributed by atoms with E-state index >= 15 is 0 Å². The molecule has 0 spiro atoms. The van der Waals surface area contributed by atoms with Crippen LogP contribution < -0.4 is 5.32 Å². The summed E-state index contributed by atoms with van der Waals surface area (Å²) >= 11 is 1.88. The van der Waals surface area contributed by atoms with Gasteiger partial charge in [-0.3, -0.25) is 0 Å². The highest BCUT2D eigenvalue weighted by Crippen LogP contribution is 2.14. The summed E-state index contributed by atoms with van der Waals surface area (Å²) in [7, 11) is 2.18. The van der Waals surface area contributed by atoms with Crippen LogP contribution in [0.3, 0.4) is 0 Å². The van der Waals surface area contributed by atoms with Crippen LogP contribution in [0.5, 0.6) is 0 Å². The van der Waals surface area contributed by atoms with Gasteiger partial charge in [0.05, 0.1) is 0 Å². The Hall–Kier alpha value is -0.380. The lowest BCUT2D eigenvalue weighted by molar-refractivity contribution is 0.332. The van der Waals surface area contributed by atoms with Crippen molar-refractivity contribution in [3.05, 3.63) is 21.9 Å². The molecule has 1 aromatic heterocycles. The van der Waals surface area contributed by atoms with Crippen molar-refractivity contribution in [1.29, 1.82) is 0 Å². The van der Waals surface area contributed by atoms with E-state index in [9.17, 15) is 0 Å². The summed E-state index contributed by atoms with van der Waals surface area (Å²) in [6.07, 6.45) is 1.24. The van der Waals surface area contributed by atoms with Gasteiger partial charge < -0.3 is 10.2 Å². The monoisotopic (exact) mass is 226 g/mol. The van der Waals surface area contributed by atoms with Crippen LogP contribution >= 0.6 is 11.3 Å². The number of thiophene rings is 1. The summed E-state index contributed by atoms with van der Waals surface area (Å²) in [5.74, 6) is 0. The SMILES string of the molecule is CCCN(C)CCNCc1ccc(C)s1. The first kappa shape index (κ1) is 12.7. The molecule has 0 aromatic carbocycles. The molecule has 86 valence electrons. The maximum Gasteiger partial charge on any atom is 0.0300 e. The van der Waals surface area contributed by atoms with Crippen molar-refractivity contribution in [3.63, 3.8) is 0 Å². The Morgan fingerprint density at radius 1 is 1.33 bits per heavy atom. The minimum atomic E-state index is 1.01. The Labute approximate surface area is 97.3 Å². The van der Waals surface area contributed by atoms with Crippen LogP contribution in [0.4, 0.5) is 0 Å². The summed E-state index contributed by atoms with van der Waals surface area (Å²) < 4.78 is 0. The molecule has 0 unspecified atom stereocenters. The van der Waals surface area contributed by atoms with E-state index in [1.54, 1.807) is 0 Å². The maximum absolute atomic E-state index is 3.47. The van der Waals surface area contributed by atoms with Crippen molar-refractivity contribution in [2.24, 2.45) is 0 Å². The van der Waals surface area contributed by atoms with Crippen LogP contribution in [0.1, 0.15) is 23.1 Å². The van der Waals surface area contributed by atoms with Crippen LogP contribution in [0, 0.1) is 6.92 Å². The van der Waals surface area contributed by atoms with Crippen LogP contribution in [0.2, 0.25) is 0 Å². The predicted octanol–water partition coefficient (Wildman–Crippen LogP) is 2.49. The Morgan fingerprint density at radius 3 is 2.73 bits per heavy atom. The Kier molecular flexibility index (Phi) is 5.91. The average Bonchev–Trinajstić information content (AvgIpc) is 2.60. The zero-order chi connectivity index (χ0) is 11.1. The summed E-state index contributed by atoms with van der Waals surface area (Å²) in [5.41, 5.74) is 0. The fraction of sp³-hybridized carbons (Fsp3) is 0.667. The van der Waals surface area contributed by atoms with E-state index in [-0.39, 0.29) is 0 Å². The molecule has 0 saturated heterocycles. The van der Waals surface area contributed by atoms with Gasteiger partial charge in [0.25, 0.3) is 0 Å². The van der Waals surface area contributed by atoms with E-state index in [0.717, 1.165) is 19.6 Å². The number of nitrogens with one attached hydrogen (secondary N) is 1. The standard InChI is InChI=1S/C12H22N2S/c1-4-8-14(3)9-7-13-10-12-6-5-11(2)15-12/h5-6,13H,4,7-10H2,1-3H3. The van der Waals surface area contributed by atoms with Crippen molar-refractivity contribution in [1.82, 2.24) is 10.2 Å². The Bertz CT molecular complexity index is 270. The fourth-order valence-corrected chi connectivity index (χ4v) is 2.42. The molecule has 0 radical (unpaired) electrons. The largest absolute Gasteiger partial charge is 0.311 e. The molecular formula is C12H22N2S. The Morgan fingerprint density at radius 2 is 2.13 bits per heavy atom. The van der Waals surface area contributed by atoms with Crippen LogP contribution in [0.15, 0.2) is 12.1 Å². The first-order valence-corrected chi connectivity index (χ1v) is 6.48. The second-order valence-corrected chi connectivity index (χ2v) is 5.36. The first-order valence-electron chi connectivity index (χ1n) is 5.67. The van der Waals surface area contributed by atoms with Gasteiger partial charge in [-0.2, -0.15) is 0 Å². The minimum Gasteiger partial charge on any atom is -0.311 e. The number of hydrogen-bond donors (Lipinski definition) is 1. The second kappa shape index (κ2) is 6.99. The normalized spacial score (nSPS) is 11.2. The third-order valence-electron chi connectivity index (χ3n) is 2.37. The van der Waals surface area contributed by atoms with Gasteiger partial charge >= 0.3 is 0 Å². The van der Waals surface area contributed by atoms with Gasteiger partial charge in [0.1, 0.15) is 0 Å². The van der Waals surface area contributed by atoms with Crippen molar-refractivity contribution in [2.45, 2.75) is 26.8 Å². The maximum atomic E-state index is 3.47. The Balaban J connectivity index is 2.06. The van der Waals surface area contributed by atoms with Gasteiger partial charge in [-0.25, -0.2) is 0 Å². The van der Waals surface area contributed by atoms with Gasteiger partial charge in [0, 0.05) is 29.4 Å². The molecule has 15 heavy (non-hydrogen) atoms. The van der Waals surface area contributed by atoms with Crippen LogP contribution in [-0.4, -0.2) is 31.6 Å². The van der Waals surface area contributed by atoms with E-state index in [2.05, 4.69) is 43.2 Å². The van der Waals surface area contributed by atoms with E-state index in [0.29, 0.717) is 0 Å². The molecule has 0 saturated carbocycles. The summed E-state index contributed by atoms with van der Waals surface area (Å²) in [6, 6.07) is 4.40. The highest BCUT2D eigenvalue weighted by atomic mass is 32.1. The van der Waals surface area contributed by atoms with E-state index in [4.69, 9.17) is 0 Å². The number of nitrogens with zero attached hydrogens (tertiary/aromatic N) is 1. The summed E-state index contributed by atoms with van der Waals surface area (Å²) in [4.78, 5) is 5.20. The predicted molar refractivity (Wildman–Crippen MR) is 68.6 cm³/mol. The lowest BCUT2D eigenvalue weighted by Gasteiger charge is -2.15. The van der Waals surface area contributed by atoms with E-state index in [1.165, 1.54) is 22.7 Å². The highest BCUT2D eigenvalue weighted by Gasteiger charge is 1.97. The first-order chi connectivity index (χ1) is 7.22. The molecule has 1 aromatic rings. The zero-order valence-corrected chi connectivity index (χ0v) is 10.9. The zero-order valence-electron chi connectivity index (χ0n) is 10.0. The quantitative estimate of drug-likeness (QED) is 0.719. The molecule has 2 nitrogen and oxygen atoms in total. The van der Waals surface area contributed by atoms with Gasteiger partial charge in [-0.15, -0.1) is 11.3 Å². The van der Waals surface area contributed by atoms with Gasteiger partial charge in [0.2, 0.25) is 0 Å². The molecule has 0 aliphatic heterocycles. The molecule has 0 fully saturated rings. The lowest BCUT2D eigenvalue weighted by Crippen LogP contribution is -2.29. The van der Waals surface area contributed by atoms with E-state index in [1.807, 2.05) is 11.3 Å². The van der Waals surface area contributed by atoms with Crippen LogP contribution in [-0.2, 0) is 6.54 Å². The van der Waals surface area contributed by atoms with Crippen LogP contribution in [0.25, 0.3) is 0 Å². The molecule has 1 heterocycles. The smallest absolute Gasteiger partial charge is 0.0300 e. The lowest BCUT2D eigenvalue weighted by atomic mass is 10.4. The third-order valence-corrected chi connectivity index (χ3v) is 3.37. The topological polar surface area (TPSA) is 15.3 Å². The molecule has 0 amide bonds. The third kappa shape index (κ3) is 5.30. The molecule has 0 aliphatic carbocycles. The molecular weight excluding hydrogens is 204 g/mol. The fourth-order valence-electron chi connectivity index (χ4n) is 1.56. The summed E-state index contributed by atoms with van der Waals surface area (Å²) in [6.45, 7) is 8.80. The molecule has 0 aliphatic rings. The van der Waals surface area contributed by atoms with Crippen molar-refractivity contribution in [2.75, 3.05) is 26.7 Å². The van der Waals surface area contributed by atoms with Crippen molar-refractivity contribution < 1.29 is 0 Å². The highest BCUT2D eigenvalue weighted by molar-refractivity contribution is 7.11. The second-order valence-electron chi connectivity index (χ2n) is 3.99. The van der Waals surface area contributed by atoms with Gasteiger partial charge in [-0.1, -0.05) is 6.92 Å². The molecule has 1 N–H and O–H groups in total. The number of rotatable bonds is 7. The molecule has 0 bridgehead atoms. The van der Waals surface area contributed by atoms with Crippen molar-refractivity contribution in [3.8, 4) is 0 Å². The molecule has 0 atom stereocenters. The molecule has 1 rings (SSSR count). The van der Waals surface area contributed by atoms with E-state index < -0.39 is 0 Å². The minimum absolute atomic E-state index is 1.01. The molecule has 3 heteroatoms. The van der Waals surface area contributed by atoms with Gasteiger partial charge in [0.15, 0.2) is 0 Å². The van der Waals surface area contributed by atoms with Gasteiger partial charge in [-0.05, 0) is 39.1 Å². The number of likely N-dealkylation sites (N-methyl/N-ethyl adjacent to an activating group) is 1.